The molecule has 1 aromatic heterocycles. The second-order valence-corrected chi connectivity index (χ2v) is 6.26. The number of likely N-dealkylation sites (tertiary alicyclic amines) is 1. The molecule has 3 N–H and O–H groups in total. The Kier molecular flexibility index (Phi) is 4.74. The molecule has 0 saturated carbocycles. The Balaban J connectivity index is 1.55. The highest BCUT2D eigenvalue weighted by Gasteiger charge is 2.30. The summed E-state index contributed by atoms with van der Waals surface area (Å²) in [6, 6.07) is 6.11. The zero-order valence-corrected chi connectivity index (χ0v) is 13.8. The first-order valence-corrected chi connectivity index (χ1v) is 8.43. The molecule has 0 radical (unpaired) electrons. The fraction of sp³-hybridized carbons (Fsp3) is 0.444. The van der Waals surface area contributed by atoms with Crippen molar-refractivity contribution in [2.75, 3.05) is 19.6 Å². The number of carboxylic acid groups (broad SMARTS) is 1. The van der Waals surface area contributed by atoms with Crippen molar-refractivity contribution >= 4 is 22.9 Å². The summed E-state index contributed by atoms with van der Waals surface area (Å²) in [5.74, 6) is -1.26. The SMILES string of the molecule is CCc1cccc2c(CCNC(=O)N3CCC(C(=O)O)C3)c[nH]c12. The number of benzene rings is 1. The zero-order chi connectivity index (χ0) is 17.1. The van der Waals surface area contributed by atoms with Crippen LogP contribution in [0.2, 0.25) is 0 Å². The highest BCUT2D eigenvalue weighted by atomic mass is 16.4. The fourth-order valence-electron chi connectivity index (χ4n) is 3.34. The molecule has 6 heteroatoms. The molecule has 0 bridgehead atoms. The molecule has 2 amide bonds. The maximum atomic E-state index is 12.1. The topological polar surface area (TPSA) is 85.4 Å². The van der Waals surface area contributed by atoms with Gasteiger partial charge in [-0.1, -0.05) is 25.1 Å². The molecule has 1 aromatic carbocycles. The molecule has 1 unspecified atom stereocenters. The van der Waals surface area contributed by atoms with E-state index in [9.17, 15) is 9.59 Å². The molecule has 3 rings (SSSR count). The number of amides is 2. The molecule has 2 aromatic rings. The van der Waals surface area contributed by atoms with Crippen LogP contribution in [-0.2, 0) is 17.6 Å². The van der Waals surface area contributed by atoms with E-state index in [0.29, 0.717) is 26.1 Å². The number of carboxylic acids is 1. The van der Waals surface area contributed by atoms with Crippen LogP contribution in [0, 0.1) is 5.92 Å². The Morgan fingerprint density at radius 2 is 2.21 bits per heavy atom. The summed E-state index contributed by atoms with van der Waals surface area (Å²) in [6.45, 7) is 3.48. The van der Waals surface area contributed by atoms with Gasteiger partial charge in [-0.2, -0.15) is 0 Å². The van der Waals surface area contributed by atoms with Crippen molar-refractivity contribution in [3.8, 4) is 0 Å². The second-order valence-electron chi connectivity index (χ2n) is 6.26. The number of aromatic nitrogens is 1. The van der Waals surface area contributed by atoms with Crippen LogP contribution in [0.5, 0.6) is 0 Å². The van der Waals surface area contributed by atoms with Gasteiger partial charge in [-0.3, -0.25) is 4.79 Å². The van der Waals surface area contributed by atoms with Gasteiger partial charge in [-0.25, -0.2) is 4.79 Å². The van der Waals surface area contributed by atoms with Crippen molar-refractivity contribution in [3.63, 3.8) is 0 Å². The summed E-state index contributed by atoms with van der Waals surface area (Å²) in [5.41, 5.74) is 3.65. The van der Waals surface area contributed by atoms with E-state index in [1.807, 2.05) is 6.20 Å². The quantitative estimate of drug-likeness (QED) is 0.787. The number of hydrogen-bond acceptors (Lipinski definition) is 2. The first kappa shape index (κ1) is 16.4. The van der Waals surface area contributed by atoms with Crippen molar-refractivity contribution < 1.29 is 14.7 Å². The average Bonchev–Trinajstić information content (AvgIpc) is 3.22. The minimum Gasteiger partial charge on any atom is -0.481 e. The Hall–Kier alpha value is -2.50. The maximum Gasteiger partial charge on any atom is 0.317 e. The average molecular weight is 329 g/mol. The molecule has 24 heavy (non-hydrogen) atoms. The Labute approximate surface area is 140 Å². The van der Waals surface area contributed by atoms with Gasteiger partial charge < -0.3 is 20.3 Å². The summed E-state index contributed by atoms with van der Waals surface area (Å²) in [5, 5.41) is 13.1. The van der Waals surface area contributed by atoms with Gasteiger partial charge in [0.25, 0.3) is 0 Å². The van der Waals surface area contributed by atoms with Crippen LogP contribution in [0.1, 0.15) is 24.5 Å². The summed E-state index contributed by atoms with van der Waals surface area (Å²) in [4.78, 5) is 28.0. The van der Waals surface area contributed by atoms with Crippen LogP contribution in [-0.4, -0.2) is 46.6 Å². The van der Waals surface area contributed by atoms with Crippen LogP contribution in [0.15, 0.2) is 24.4 Å². The lowest BCUT2D eigenvalue weighted by Gasteiger charge is -2.16. The molecule has 1 saturated heterocycles. The number of carbonyl (C=O) groups excluding carboxylic acids is 1. The van der Waals surface area contributed by atoms with E-state index in [4.69, 9.17) is 5.11 Å². The van der Waals surface area contributed by atoms with Gasteiger partial charge in [-0.05, 0) is 30.4 Å². The van der Waals surface area contributed by atoms with E-state index in [0.717, 1.165) is 12.8 Å². The molecular weight excluding hydrogens is 306 g/mol. The molecule has 1 fully saturated rings. The number of H-pyrrole nitrogens is 1. The predicted octanol–water partition coefficient (Wildman–Crippen LogP) is 2.39. The first-order valence-electron chi connectivity index (χ1n) is 8.43. The van der Waals surface area contributed by atoms with E-state index in [-0.39, 0.29) is 6.03 Å². The highest BCUT2D eigenvalue weighted by molar-refractivity contribution is 5.86. The van der Waals surface area contributed by atoms with Crippen molar-refractivity contribution in [2.45, 2.75) is 26.2 Å². The number of aryl methyl sites for hydroxylation is 1. The van der Waals surface area contributed by atoms with Crippen LogP contribution in [0.4, 0.5) is 4.79 Å². The van der Waals surface area contributed by atoms with Gasteiger partial charge in [0.2, 0.25) is 0 Å². The molecular formula is C18H23N3O3. The van der Waals surface area contributed by atoms with Crippen molar-refractivity contribution in [3.05, 3.63) is 35.5 Å². The van der Waals surface area contributed by atoms with Gasteiger partial charge in [0.1, 0.15) is 0 Å². The third-order valence-electron chi connectivity index (χ3n) is 4.76. The number of rotatable bonds is 5. The predicted molar refractivity (Wildman–Crippen MR) is 92.1 cm³/mol. The second kappa shape index (κ2) is 6.95. The molecule has 1 aliphatic heterocycles. The lowest BCUT2D eigenvalue weighted by Crippen LogP contribution is -2.39. The summed E-state index contributed by atoms with van der Waals surface area (Å²) >= 11 is 0. The summed E-state index contributed by atoms with van der Waals surface area (Å²) in [6.07, 6.45) is 4.26. The minimum absolute atomic E-state index is 0.173. The van der Waals surface area contributed by atoms with E-state index < -0.39 is 11.9 Å². The molecule has 0 spiro atoms. The van der Waals surface area contributed by atoms with Gasteiger partial charge in [0.05, 0.1) is 5.92 Å². The summed E-state index contributed by atoms with van der Waals surface area (Å²) in [7, 11) is 0. The standard InChI is InChI=1S/C18H23N3O3/c1-2-12-4-3-5-15-13(10-20-16(12)15)6-8-19-18(24)21-9-7-14(11-21)17(22)23/h3-5,10,14,20H,2,6-9,11H2,1H3,(H,19,24)(H,22,23). The largest absolute Gasteiger partial charge is 0.481 e. The van der Waals surface area contributed by atoms with Gasteiger partial charge >= 0.3 is 12.0 Å². The number of aromatic amines is 1. The Morgan fingerprint density at radius 1 is 1.38 bits per heavy atom. The zero-order valence-electron chi connectivity index (χ0n) is 13.8. The number of hydrogen-bond donors (Lipinski definition) is 3. The highest BCUT2D eigenvalue weighted by Crippen LogP contribution is 2.22. The number of urea groups is 1. The van der Waals surface area contributed by atoms with Crippen molar-refractivity contribution in [1.82, 2.24) is 15.2 Å². The van der Waals surface area contributed by atoms with Gasteiger partial charge in [-0.15, -0.1) is 0 Å². The molecule has 2 heterocycles. The number of nitrogens with one attached hydrogen (secondary N) is 2. The van der Waals surface area contributed by atoms with Crippen LogP contribution >= 0.6 is 0 Å². The third-order valence-corrected chi connectivity index (χ3v) is 4.76. The maximum absolute atomic E-state index is 12.1. The molecule has 0 aliphatic carbocycles. The van der Waals surface area contributed by atoms with Gasteiger partial charge in [0.15, 0.2) is 0 Å². The Morgan fingerprint density at radius 3 is 2.92 bits per heavy atom. The fourth-order valence-corrected chi connectivity index (χ4v) is 3.34. The van der Waals surface area contributed by atoms with E-state index in [1.165, 1.54) is 22.0 Å². The van der Waals surface area contributed by atoms with E-state index >= 15 is 0 Å². The number of aliphatic carboxylic acids is 1. The number of nitrogens with zero attached hydrogens (tertiary/aromatic N) is 1. The normalized spacial score (nSPS) is 17.4. The molecule has 128 valence electrons. The molecule has 1 atom stereocenters. The Bertz CT molecular complexity index is 753. The number of fused-ring (bicyclic) bond motifs is 1. The lowest BCUT2D eigenvalue weighted by molar-refractivity contribution is -0.141. The molecule has 6 nitrogen and oxygen atoms in total. The lowest BCUT2D eigenvalue weighted by atomic mass is 10.1. The first-order chi connectivity index (χ1) is 11.6. The molecule has 1 aliphatic rings. The van der Waals surface area contributed by atoms with Gasteiger partial charge in [0, 0.05) is 36.7 Å². The minimum atomic E-state index is -0.823. The monoisotopic (exact) mass is 329 g/mol. The van der Waals surface area contributed by atoms with Crippen LogP contribution in [0.3, 0.4) is 0 Å². The van der Waals surface area contributed by atoms with Crippen molar-refractivity contribution in [1.29, 1.82) is 0 Å². The van der Waals surface area contributed by atoms with E-state index in [1.54, 1.807) is 4.90 Å². The van der Waals surface area contributed by atoms with E-state index in [2.05, 4.69) is 35.4 Å². The number of carbonyl (C=O) groups is 2. The van der Waals surface area contributed by atoms with Crippen LogP contribution < -0.4 is 5.32 Å². The van der Waals surface area contributed by atoms with Crippen molar-refractivity contribution in [2.24, 2.45) is 5.92 Å². The van der Waals surface area contributed by atoms with Crippen LogP contribution in [0.25, 0.3) is 10.9 Å². The number of para-hydroxylation sites is 1. The summed E-state index contributed by atoms with van der Waals surface area (Å²) < 4.78 is 0. The third kappa shape index (κ3) is 3.22. The smallest absolute Gasteiger partial charge is 0.317 e.